The highest BCUT2D eigenvalue weighted by atomic mass is 79.9. The SMILES string of the molecule is COCCN(CC(=O)Nc1ccc(Br)cc1)C(C)=O. The van der Waals surface area contributed by atoms with Crippen LogP contribution in [-0.4, -0.2) is 43.5 Å². The molecule has 0 saturated carbocycles. The van der Waals surface area contributed by atoms with E-state index in [9.17, 15) is 9.59 Å². The number of nitrogens with zero attached hydrogens (tertiary/aromatic N) is 1. The molecule has 6 heteroatoms. The first-order valence-electron chi connectivity index (χ1n) is 5.83. The largest absolute Gasteiger partial charge is 0.383 e. The molecule has 0 aromatic heterocycles. The first kappa shape index (κ1) is 15.7. The first-order valence-corrected chi connectivity index (χ1v) is 6.62. The lowest BCUT2D eigenvalue weighted by Crippen LogP contribution is -2.38. The molecule has 1 aromatic carbocycles. The molecule has 1 N–H and O–H groups in total. The van der Waals surface area contributed by atoms with Crippen LogP contribution in [0.4, 0.5) is 5.69 Å². The van der Waals surface area contributed by atoms with Crippen LogP contribution in [0.25, 0.3) is 0 Å². The highest BCUT2D eigenvalue weighted by Gasteiger charge is 2.13. The maximum absolute atomic E-state index is 11.8. The highest BCUT2D eigenvalue weighted by molar-refractivity contribution is 9.10. The van der Waals surface area contributed by atoms with E-state index in [1.165, 1.54) is 11.8 Å². The van der Waals surface area contributed by atoms with Gasteiger partial charge >= 0.3 is 0 Å². The normalized spacial score (nSPS) is 10.1. The second-order valence-corrected chi connectivity index (χ2v) is 4.90. The minimum absolute atomic E-state index is 0.0226. The Morgan fingerprint density at radius 1 is 1.32 bits per heavy atom. The average Bonchev–Trinajstić information content (AvgIpc) is 2.37. The lowest BCUT2D eigenvalue weighted by atomic mass is 10.3. The number of hydrogen-bond acceptors (Lipinski definition) is 3. The topological polar surface area (TPSA) is 58.6 Å². The fourth-order valence-electron chi connectivity index (χ4n) is 1.46. The molecule has 5 nitrogen and oxygen atoms in total. The molecule has 19 heavy (non-hydrogen) atoms. The van der Waals surface area contributed by atoms with Gasteiger partial charge in [0.05, 0.1) is 13.2 Å². The van der Waals surface area contributed by atoms with Crippen molar-refractivity contribution in [1.82, 2.24) is 4.90 Å². The van der Waals surface area contributed by atoms with Crippen LogP contribution in [0.2, 0.25) is 0 Å². The number of nitrogens with one attached hydrogen (secondary N) is 1. The Kier molecular flexibility index (Phi) is 6.52. The summed E-state index contributed by atoms with van der Waals surface area (Å²) in [6.45, 7) is 2.27. The molecule has 0 fully saturated rings. The number of methoxy groups -OCH3 is 1. The predicted octanol–water partition coefficient (Wildman–Crippen LogP) is 1.88. The summed E-state index contributed by atoms with van der Waals surface area (Å²) in [5.41, 5.74) is 0.698. The molecule has 0 unspecified atom stereocenters. The lowest BCUT2D eigenvalue weighted by molar-refractivity contribution is -0.133. The summed E-state index contributed by atoms with van der Waals surface area (Å²) in [7, 11) is 1.56. The number of carbonyl (C=O) groups excluding carboxylic acids is 2. The third-order valence-corrected chi connectivity index (χ3v) is 3.00. The van der Waals surface area contributed by atoms with Gasteiger partial charge in [0.1, 0.15) is 0 Å². The van der Waals surface area contributed by atoms with Gasteiger partial charge in [0.25, 0.3) is 0 Å². The minimum atomic E-state index is -0.228. The van der Waals surface area contributed by atoms with Crippen molar-refractivity contribution in [1.29, 1.82) is 0 Å². The fraction of sp³-hybridized carbons (Fsp3) is 0.385. The Labute approximate surface area is 121 Å². The molecule has 0 atom stereocenters. The summed E-state index contributed by atoms with van der Waals surface area (Å²) < 4.78 is 5.85. The standard InChI is InChI=1S/C13H17BrN2O3/c1-10(17)16(7-8-19-2)9-13(18)15-12-5-3-11(14)4-6-12/h3-6H,7-9H2,1-2H3,(H,15,18). The van der Waals surface area contributed by atoms with Crippen LogP contribution in [0.3, 0.4) is 0 Å². The third-order valence-electron chi connectivity index (χ3n) is 2.47. The van der Waals surface area contributed by atoms with Crippen molar-refractivity contribution in [2.45, 2.75) is 6.92 Å². The maximum atomic E-state index is 11.8. The van der Waals surface area contributed by atoms with Crippen LogP contribution >= 0.6 is 15.9 Å². The molecular weight excluding hydrogens is 312 g/mol. The zero-order valence-corrected chi connectivity index (χ0v) is 12.6. The molecule has 0 heterocycles. The van der Waals surface area contributed by atoms with Gasteiger partial charge in [-0.3, -0.25) is 9.59 Å². The maximum Gasteiger partial charge on any atom is 0.243 e. The molecule has 0 aliphatic carbocycles. The van der Waals surface area contributed by atoms with E-state index in [1.54, 1.807) is 19.2 Å². The first-order chi connectivity index (χ1) is 9.02. The Morgan fingerprint density at radius 3 is 2.47 bits per heavy atom. The lowest BCUT2D eigenvalue weighted by Gasteiger charge is -2.20. The van der Waals surface area contributed by atoms with Crippen molar-refractivity contribution >= 4 is 33.4 Å². The van der Waals surface area contributed by atoms with Crippen molar-refractivity contribution < 1.29 is 14.3 Å². The molecule has 0 radical (unpaired) electrons. The molecule has 1 rings (SSSR count). The Balaban J connectivity index is 2.52. The van der Waals surface area contributed by atoms with E-state index in [0.29, 0.717) is 18.8 Å². The second-order valence-electron chi connectivity index (χ2n) is 3.99. The molecule has 1 aromatic rings. The van der Waals surface area contributed by atoms with Crippen LogP contribution in [-0.2, 0) is 14.3 Å². The van der Waals surface area contributed by atoms with Gasteiger partial charge in [-0.1, -0.05) is 15.9 Å². The third kappa shape index (κ3) is 5.85. The van der Waals surface area contributed by atoms with E-state index in [-0.39, 0.29) is 18.4 Å². The Morgan fingerprint density at radius 2 is 1.95 bits per heavy atom. The van der Waals surface area contributed by atoms with Gasteiger partial charge in [-0.05, 0) is 24.3 Å². The molecular formula is C13H17BrN2O3. The molecule has 0 aliphatic heterocycles. The number of halogens is 1. The zero-order chi connectivity index (χ0) is 14.3. The van der Waals surface area contributed by atoms with E-state index in [4.69, 9.17) is 4.74 Å². The number of rotatable bonds is 6. The van der Waals surface area contributed by atoms with Crippen LogP contribution < -0.4 is 5.32 Å². The molecule has 0 bridgehead atoms. The second kappa shape index (κ2) is 7.91. The summed E-state index contributed by atoms with van der Waals surface area (Å²) in [6, 6.07) is 7.25. The van der Waals surface area contributed by atoms with E-state index < -0.39 is 0 Å². The number of benzene rings is 1. The summed E-state index contributed by atoms with van der Waals surface area (Å²) in [4.78, 5) is 24.6. The van der Waals surface area contributed by atoms with Gasteiger partial charge in [-0.25, -0.2) is 0 Å². The number of ether oxygens (including phenoxy) is 1. The molecule has 0 saturated heterocycles. The van der Waals surface area contributed by atoms with Gasteiger partial charge in [0.2, 0.25) is 11.8 Å². The van der Waals surface area contributed by atoms with Crippen molar-refractivity contribution in [3.63, 3.8) is 0 Å². The summed E-state index contributed by atoms with van der Waals surface area (Å²) >= 11 is 3.32. The Bertz CT molecular complexity index is 434. The quantitative estimate of drug-likeness (QED) is 0.867. The Hall–Kier alpha value is -1.40. The van der Waals surface area contributed by atoms with E-state index >= 15 is 0 Å². The number of hydrogen-bond donors (Lipinski definition) is 1. The fourth-order valence-corrected chi connectivity index (χ4v) is 1.72. The zero-order valence-electron chi connectivity index (χ0n) is 11.0. The number of anilines is 1. The van der Waals surface area contributed by atoms with Gasteiger partial charge in [-0.15, -0.1) is 0 Å². The summed E-state index contributed by atoms with van der Waals surface area (Å²) in [5.74, 6) is -0.378. The smallest absolute Gasteiger partial charge is 0.243 e. The summed E-state index contributed by atoms with van der Waals surface area (Å²) in [6.07, 6.45) is 0. The molecule has 0 aliphatic rings. The van der Waals surface area contributed by atoms with Crippen LogP contribution in [0, 0.1) is 0 Å². The van der Waals surface area contributed by atoms with Gasteiger partial charge < -0.3 is 15.0 Å². The van der Waals surface area contributed by atoms with Crippen molar-refractivity contribution in [3.05, 3.63) is 28.7 Å². The average molecular weight is 329 g/mol. The predicted molar refractivity (Wildman–Crippen MR) is 76.9 cm³/mol. The van der Waals surface area contributed by atoms with Crippen molar-refractivity contribution in [2.24, 2.45) is 0 Å². The van der Waals surface area contributed by atoms with Gasteiger partial charge in [-0.2, -0.15) is 0 Å². The monoisotopic (exact) mass is 328 g/mol. The van der Waals surface area contributed by atoms with Crippen LogP contribution in [0.5, 0.6) is 0 Å². The van der Waals surface area contributed by atoms with Crippen LogP contribution in [0.15, 0.2) is 28.7 Å². The molecule has 0 spiro atoms. The summed E-state index contributed by atoms with van der Waals surface area (Å²) in [5, 5.41) is 2.74. The van der Waals surface area contributed by atoms with Gasteiger partial charge in [0.15, 0.2) is 0 Å². The number of amides is 2. The number of carbonyl (C=O) groups is 2. The van der Waals surface area contributed by atoms with Crippen molar-refractivity contribution in [2.75, 3.05) is 32.1 Å². The van der Waals surface area contributed by atoms with E-state index in [0.717, 1.165) is 4.47 Å². The highest BCUT2D eigenvalue weighted by Crippen LogP contribution is 2.13. The van der Waals surface area contributed by atoms with Crippen LogP contribution in [0.1, 0.15) is 6.92 Å². The minimum Gasteiger partial charge on any atom is -0.383 e. The van der Waals surface area contributed by atoms with E-state index in [2.05, 4.69) is 21.2 Å². The van der Waals surface area contributed by atoms with E-state index in [1.807, 2.05) is 12.1 Å². The molecule has 104 valence electrons. The van der Waals surface area contributed by atoms with Crippen molar-refractivity contribution in [3.8, 4) is 0 Å². The molecule has 2 amide bonds. The van der Waals surface area contributed by atoms with Gasteiger partial charge in [0, 0.05) is 30.7 Å².